The van der Waals surface area contributed by atoms with Crippen molar-refractivity contribution in [3.05, 3.63) is 53.8 Å². The van der Waals surface area contributed by atoms with E-state index in [4.69, 9.17) is 4.74 Å². The molecule has 0 saturated carbocycles. The highest BCUT2D eigenvalue weighted by atomic mass is 32.2. The summed E-state index contributed by atoms with van der Waals surface area (Å²) in [5.74, 6) is 0.332. The molecule has 0 N–H and O–H groups in total. The van der Waals surface area contributed by atoms with Gasteiger partial charge in [-0.15, -0.1) is 0 Å². The van der Waals surface area contributed by atoms with E-state index in [-0.39, 0.29) is 22.5 Å². The largest absolute Gasteiger partial charge is 0.496 e. The molecule has 0 aliphatic carbocycles. The summed E-state index contributed by atoms with van der Waals surface area (Å²) < 4.78 is 46.0. The zero-order valence-corrected chi connectivity index (χ0v) is 19.9. The lowest BCUT2D eigenvalue weighted by Gasteiger charge is -2.39. The highest BCUT2D eigenvalue weighted by Gasteiger charge is 2.34. The number of piperidine rings is 1. The molecule has 2 aromatic carbocycles. The summed E-state index contributed by atoms with van der Waals surface area (Å²) in [6, 6.07) is 11.3. The third-order valence-corrected chi connectivity index (χ3v) is 8.49. The lowest BCUT2D eigenvalue weighted by atomic mass is 9.96. The third-order valence-electron chi connectivity index (χ3n) is 6.59. The molecule has 178 valence electrons. The van der Waals surface area contributed by atoms with E-state index in [1.165, 1.54) is 16.4 Å². The average molecular weight is 476 g/mol. The molecule has 0 unspecified atom stereocenters. The number of amides is 1. The smallest absolute Gasteiger partial charge is 0.243 e. The highest BCUT2D eigenvalue weighted by molar-refractivity contribution is 7.89. The molecule has 2 heterocycles. The van der Waals surface area contributed by atoms with Gasteiger partial charge in [0.15, 0.2) is 0 Å². The Balaban J connectivity index is 1.32. The Morgan fingerprint density at radius 3 is 2.18 bits per heavy atom. The van der Waals surface area contributed by atoms with Crippen molar-refractivity contribution < 1.29 is 22.3 Å². The molecule has 9 heteroatoms. The number of anilines is 1. The molecule has 2 aliphatic rings. The van der Waals surface area contributed by atoms with Crippen molar-refractivity contribution in [1.82, 2.24) is 9.21 Å². The number of nitrogens with zero attached hydrogens (tertiary/aromatic N) is 3. The molecular weight excluding hydrogens is 445 g/mol. The Labute approximate surface area is 194 Å². The summed E-state index contributed by atoms with van der Waals surface area (Å²) in [5.41, 5.74) is 1.72. The monoisotopic (exact) mass is 475 g/mol. The molecule has 4 rings (SSSR count). The van der Waals surface area contributed by atoms with Crippen molar-refractivity contribution in [2.75, 3.05) is 51.3 Å². The van der Waals surface area contributed by atoms with Gasteiger partial charge < -0.3 is 14.5 Å². The van der Waals surface area contributed by atoms with Crippen LogP contribution in [-0.4, -0.2) is 69.9 Å². The number of aryl methyl sites for hydroxylation is 1. The van der Waals surface area contributed by atoms with Gasteiger partial charge in [0.2, 0.25) is 15.9 Å². The first kappa shape index (κ1) is 23.5. The number of methoxy groups -OCH3 is 1. The predicted molar refractivity (Wildman–Crippen MR) is 124 cm³/mol. The van der Waals surface area contributed by atoms with Gasteiger partial charge in [0.25, 0.3) is 0 Å². The summed E-state index contributed by atoms with van der Waals surface area (Å²) >= 11 is 0. The quantitative estimate of drug-likeness (QED) is 0.665. The van der Waals surface area contributed by atoms with Gasteiger partial charge in [-0.3, -0.25) is 4.79 Å². The number of halogens is 1. The molecule has 0 bridgehead atoms. The second kappa shape index (κ2) is 9.69. The summed E-state index contributed by atoms with van der Waals surface area (Å²) in [7, 11) is -2.05. The second-order valence-electron chi connectivity index (χ2n) is 8.60. The van der Waals surface area contributed by atoms with Crippen LogP contribution in [0, 0.1) is 18.7 Å². The van der Waals surface area contributed by atoms with Crippen LogP contribution in [0.25, 0.3) is 0 Å². The summed E-state index contributed by atoms with van der Waals surface area (Å²) in [6.45, 7) is 5.10. The van der Waals surface area contributed by atoms with Crippen LogP contribution in [0.1, 0.15) is 18.4 Å². The van der Waals surface area contributed by atoms with Gasteiger partial charge in [0.1, 0.15) is 11.6 Å². The van der Waals surface area contributed by atoms with Crippen molar-refractivity contribution in [2.45, 2.75) is 24.7 Å². The highest BCUT2D eigenvalue weighted by Crippen LogP contribution is 2.28. The first-order valence-corrected chi connectivity index (χ1v) is 12.7. The van der Waals surface area contributed by atoms with Gasteiger partial charge in [-0.25, -0.2) is 12.8 Å². The van der Waals surface area contributed by atoms with Gasteiger partial charge in [0, 0.05) is 50.9 Å². The van der Waals surface area contributed by atoms with E-state index in [2.05, 4.69) is 4.90 Å². The molecule has 2 saturated heterocycles. The van der Waals surface area contributed by atoms with E-state index in [1.54, 1.807) is 37.4 Å². The van der Waals surface area contributed by atoms with Gasteiger partial charge in [-0.05, 0) is 67.8 Å². The van der Waals surface area contributed by atoms with Crippen molar-refractivity contribution >= 4 is 21.6 Å². The molecule has 0 atom stereocenters. The van der Waals surface area contributed by atoms with Crippen molar-refractivity contribution in [1.29, 1.82) is 0 Å². The Morgan fingerprint density at radius 1 is 0.970 bits per heavy atom. The van der Waals surface area contributed by atoms with Gasteiger partial charge in [0.05, 0.1) is 12.0 Å². The third kappa shape index (κ3) is 4.99. The maximum atomic E-state index is 13.2. The van der Waals surface area contributed by atoms with Crippen LogP contribution in [0.15, 0.2) is 47.4 Å². The van der Waals surface area contributed by atoms with Crippen LogP contribution in [0.3, 0.4) is 0 Å². The van der Waals surface area contributed by atoms with Crippen LogP contribution >= 0.6 is 0 Å². The maximum Gasteiger partial charge on any atom is 0.243 e. The Morgan fingerprint density at radius 2 is 1.61 bits per heavy atom. The maximum absolute atomic E-state index is 13.2. The SMILES string of the molecule is COc1ccc(S(=O)(=O)N2CCC(C(=O)N3CCN(c4ccc(F)cc4)CC3)CC2)cc1C. The molecule has 1 amide bonds. The number of carbonyl (C=O) groups excluding carboxylic acids is 1. The number of benzene rings is 2. The first-order chi connectivity index (χ1) is 15.8. The molecule has 33 heavy (non-hydrogen) atoms. The standard InChI is InChI=1S/C24H30FN3O4S/c1-18-17-22(7-8-23(18)32-2)33(30,31)28-11-9-19(10-12-28)24(29)27-15-13-26(14-16-27)21-5-3-20(25)4-6-21/h3-8,17,19H,9-16H2,1-2H3. The number of hydrogen-bond donors (Lipinski definition) is 0. The fourth-order valence-electron chi connectivity index (χ4n) is 4.60. The van der Waals surface area contributed by atoms with E-state index >= 15 is 0 Å². The number of ether oxygens (including phenoxy) is 1. The zero-order chi connectivity index (χ0) is 23.6. The zero-order valence-electron chi connectivity index (χ0n) is 19.0. The van der Waals surface area contributed by atoms with Gasteiger partial charge in [-0.1, -0.05) is 0 Å². The van der Waals surface area contributed by atoms with Crippen LogP contribution < -0.4 is 9.64 Å². The van der Waals surface area contributed by atoms with Crippen molar-refractivity contribution in [3.8, 4) is 5.75 Å². The summed E-state index contributed by atoms with van der Waals surface area (Å²) in [5, 5.41) is 0. The molecule has 2 aromatic rings. The van der Waals surface area contributed by atoms with E-state index in [9.17, 15) is 17.6 Å². The number of hydrogen-bond acceptors (Lipinski definition) is 5. The van der Waals surface area contributed by atoms with Crippen molar-refractivity contribution in [2.24, 2.45) is 5.92 Å². The minimum Gasteiger partial charge on any atom is -0.496 e. The number of piperazine rings is 1. The molecule has 0 spiro atoms. The molecule has 2 fully saturated rings. The van der Waals surface area contributed by atoms with Crippen LogP contribution in [0.5, 0.6) is 5.75 Å². The molecule has 7 nitrogen and oxygen atoms in total. The average Bonchev–Trinajstić information content (AvgIpc) is 2.84. The Hall–Kier alpha value is -2.65. The lowest BCUT2D eigenvalue weighted by Crippen LogP contribution is -2.52. The van der Waals surface area contributed by atoms with Gasteiger partial charge >= 0.3 is 0 Å². The van der Waals surface area contributed by atoms with E-state index in [1.807, 2.05) is 11.8 Å². The lowest BCUT2D eigenvalue weighted by molar-refractivity contribution is -0.137. The van der Waals surface area contributed by atoms with Crippen LogP contribution in [0.4, 0.5) is 10.1 Å². The normalized spacial score (nSPS) is 18.4. The molecular formula is C24H30FN3O4S. The fraction of sp³-hybridized carbons (Fsp3) is 0.458. The minimum atomic E-state index is -3.61. The summed E-state index contributed by atoms with van der Waals surface area (Å²) in [6.07, 6.45) is 1.04. The minimum absolute atomic E-state index is 0.103. The van der Waals surface area contributed by atoms with E-state index in [0.717, 1.165) is 11.3 Å². The molecule has 0 radical (unpaired) electrons. The van der Waals surface area contributed by atoms with Gasteiger partial charge in [-0.2, -0.15) is 4.31 Å². The van der Waals surface area contributed by atoms with E-state index < -0.39 is 10.0 Å². The predicted octanol–water partition coefficient (Wildman–Crippen LogP) is 2.89. The second-order valence-corrected chi connectivity index (χ2v) is 10.5. The van der Waals surface area contributed by atoms with Crippen molar-refractivity contribution in [3.63, 3.8) is 0 Å². The number of rotatable bonds is 5. The van der Waals surface area contributed by atoms with E-state index in [0.29, 0.717) is 57.9 Å². The van der Waals surface area contributed by atoms with Crippen LogP contribution in [0.2, 0.25) is 0 Å². The fourth-order valence-corrected chi connectivity index (χ4v) is 6.15. The summed E-state index contributed by atoms with van der Waals surface area (Å²) in [4.78, 5) is 17.3. The van der Waals surface area contributed by atoms with Crippen LogP contribution in [-0.2, 0) is 14.8 Å². The molecule has 0 aromatic heterocycles. The molecule has 2 aliphatic heterocycles. The Kier molecular flexibility index (Phi) is 6.90. The number of sulfonamides is 1. The topological polar surface area (TPSA) is 70.2 Å². The Bertz CT molecular complexity index is 1090. The number of carbonyl (C=O) groups is 1. The first-order valence-electron chi connectivity index (χ1n) is 11.2.